The van der Waals surface area contributed by atoms with Crippen molar-refractivity contribution in [3.05, 3.63) is 27.7 Å². The van der Waals surface area contributed by atoms with Gasteiger partial charge in [-0.2, -0.15) is 0 Å². The molecule has 1 aromatic rings. The number of aliphatic imine (C=N–C) groups is 1. The van der Waals surface area contributed by atoms with Crippen LogP contribution in [0.1, 0.15) is 42.3 Å². The molecule has 0 amide bonds. The first-order valence-corrected chi connectivity index (χ1v) is 10.1. The van der Waals surface area contributed by atoms with Crippen LogP contribution >= 0.6 is 35.3 Å². The molecule has 0 aliphatic carbocycles. The zero-order chi connectivity index (χ0) is 18.2. The summed E-state index contributed by atoms with van der Waals surface area (Å²) in [5.41, 5.74) is 2.40. The van der Waals surface area contributed by atoms with Crippen molar-refractivity contribution in [3.63, 3.8) is 0 Å². The Morgan fingerprint density at radius 3 is 2.58 bits per heavy atom. The van der Waals surface area contributed by atoms with Gasteiger partial charge in [-0.15, -0.1) is 35.3 Å². The van der Waals surface area contributed by atoms with Crippen LogP contribution in [0, 0.1) is 13.8 Å². The van der Waals surface area contributed by atoms with Crippen LogP contribution in [-0.2, 0) is 6.42 Å². The number of aryl methyl sites for hydroxylation is 2. The minimum atomic E-state index is 0. The molecule has 2 heterocycles. The second-order valence-corrected chi connectivity index (χ2v) is 8.19. The van der Waals surface area contributed by atoms with Crippen molar-refractivity contribution in [2.24, 2.45) is 4.99 Å². The zero-order valence-electron chi connectivity index (χ0n) is 16.6. The van der Waals surface area contributed by atoms with Crippen molar-refractivity contribution >= 4 is 41.3 Å². The van der Waals surface area contributed by atoms with E-state index in [0.29, 0.717) is 6.04 Å². The number of guanidine groups is 1. The highest BCUT2D eigenvalue weighted by atomic mass is 127. The molecule has 0 unspecified atom stereocenters. The minimum Gasteiger partial charge on any atom is -0.357 e. The first-order valence-electron chi connectivity index (χ1n) is 9.32. The molecular weight excluding hydrogens is 457 g/mol. The van der Waals surface area contributed by atoms with Crippen LogP contribution < -0.4 is 10.6 Å². The molecule has 0 aromatic carbocycles. The van der Waals surface area contributed by atoms with E-state index in [0.717, 1.165) is 68.6 Å². The van der Waals surface area contributed by atoms with E-state index in [1.165, 1.54) is 10.5 Å². The van der Waals surface area contributed by atoms with Crippen LogP contribution in [0.15, 0.2) is 17.1 Å². The first kappa shape index (κ1) is 23.4. The van der Waals surface area contributed by atoms with Crippen molar-refractivity contribution < 1.29 is 0 Å². The number of rotatable bonds is 7. The molecule has 0 bridgehead atoms. The number of nitrogens with zero attached hydrogens (tertiary/aromatic N) is 3. The van der Waals surface area contributed by atoms with Gasteiger partial charge in [-0.1, -0.05) is 12.2 Å². The van der Waals surface area contributed by atoms with Gasteiger partial charge in [-0.05, 0) is 40.5 Å². The molecule has 0 saturated carbocycles. The van der Waals surface area contributed by atoms with E-state index in [2.05, 4.69) is 54.8 Å². The van der Waals surface area contributed by atoms with E-state index in [4.69, 9.17) is 4.99 Å². The number of thiazole rings is 1. The van der Waals surface area contributed by atoms with E-state index in [-0.39, 0.29) is 24.0 Å². The molecule has 0 spiro atoms. The smallest absolute Gasteiger partial charge is 0.191 e. The monoisotopic (exact) mass is 491 g/mol. The van der Waals surface area contributed by atoms with Crippen LogP contribution in [0.2, 0.25) is 0 Å². The van der Waals surface area contributed by atoms with Gasteiger partial charge in [0, 0.05) is 50.1 Å². The highest BCUT2D eigenvalue weighted by molar-refractivity contribution is 14.0. The third-order valence-electron chi connectivity index (χ3n) is 4.37. The topological polar surface area (TPSA) is 52.5 Å². The Labute approximate surface area is 179 Å². The summed E-state index contributed by atoms with van der Waals surface area (Å²) >= 11 is 1.79. The number of nitrogens with one attached hydrogen (secondary N) is 2. The maximum atomic E-state index is 4.77. The SMILES string of the molecule is C=C(C)CN1CCC(NC(=NCCc2sc(C)nc2C)NCC)CC1.I. The van der Waals surface area contributed by atoms with Gasteiger partial charge in [-0.3, -0.25) is 9.89 Å². The number of piperidine rings is 1. The summed E-state index contributed by atoms with van der Waals surface area (Å²) in [6, 6.07) is 0.506. The van der Waals surface area contributed by atoms with Gasteiger partial charge in [-0.25, -0.2) is 4.98 Å². The maximum absolute atomic E-state index is 4.77. The molecule has 5 nitrogen and oxygen atoms in total. The quantitative estimate of drug-likeness (QED) is 0.265. The Bertz CT molecular complexity index is 591. The molecule has 26 heavy (non-hydrogen) atoms. The summed E-state index contributed by atoms with van der Waals surface area (Å²) < 4.78 is 0. The Hall–Kier alpha value is -0.670. The lowest BCUT2D eigenvalue weighted by molar-refractivity contribution is 0.221. The van der Waals surface area contributed by atoms with Crippen molar-refractivity contribution in [1.29, 1.82) is 0 Å². The predicted octanol–water partition coefficient (Wildman–Crippen LogP) is 3.52. The van der Waals surface area contributed by atoms with Gasteiger partial charge in [0.1, 0.15) is 0 Å². The number of hydrogen-bond acceptors (Lipinski definition) is 4. The highest BCUT2D eigenvalue weighted by Gasteiger charge is 2.19. The minimum absolute atomic E-state index is 0. The van der Waals surface area contributed by atoms with Gasteiger partial charge < -0.3 is 10.6 Å². The largest absolute Gasteiger partial charge is 0.357 e. The fourth-order valence-corrected chi connectivity index (χ4v) is 4.13. The Morgan fingerprint density at radius 1 is 1.35 bits per heavy atom. The molecule has 1 fully saturated rings. The van der Waals surface area contributed by atoms with Gasteiger partial charge in [0.05, 0.1) is 10.7 Å². The van der Waals surface area contributed by atoms with Gasteiger partial charge in [0.2, 0.25) is 0 Å². The maximum Gasteiger partial charge on any atom is 0.191 e. The molecule has 2 rings (SSSR count). The third-order valence-corrected chi connectivity index (χ3v) is 5.51. The number of halogens is 1. The average Bonchev–Trinajstić information content (AvgIpc) is 2.86. The van der Waals surface area contributed by atoms with Gasteiger partial charge >= 0.3 is 0 Å². The second-order valence-electron chi connectivity index (χ2n) is 6.90. The summed E-state index contributed by atoms with van der Waals surface area (Å²) in [6.07, 6.45) is 3.28. The summed E-state index contributed by atoms with van der Waals surface area (Å²) in [4.78, 5) is 13.1. The molecule has 0 radical (unpaired) electrons. The molecule has 1 aliphatic heterocycles. The summed E-state index contributed by atoms with van der Waals surface area (Å²) in [6.45, 7) is 17.4. The summed E-state index contributed by atoms with van der Waals surface area (Å²) in [5, 5.41) is 8.13. The molecule has 1 saturated heterocycles. The van der Waals surface area contributed by atoms with Crippen molar-refractivity contribution in [1.82, 2.24) is 20.5 Å². The Balaban J connectivity index is 0.00000338. The predicted molar refractivity (Wildman–Crippen MR) is 124 cm³/mol. The van der Waals surface area contributed by atoms with E-state index < -0.39 is 0 Å². The highest BCUT2D eigenvalue weighted by Crippen LogP contribution is 2.17. The van der Waals surface area contributed by atoms with Crippen molar-refractivity contribution in [2.45, 2.75) is 53.0 Å². The normalized spacial score (nSPS) is 16.2. The molecular formula is C19H34IN5S. The molecule has 2 N–H and O–H groups in total. The van der Waals surface area contributed by atoms with Gasteiger partial charge in [0.25, 0.3) is 0 Å². The molecule has 0 atom stereocenters. The second kappa shape index (κ2) is 11.9. The van der Waals surface area contributed by atoms with Crippen LogP contribution in [0.4, 0.5) is 0 Å². The van der Waals surface area contributed by atoms with E-state index in [1.807, 2.05) is 0 Å². The van der Waals surface area contributed by atoms with Crippen LogP contribution in [0.25, 0.3) is 0 Å². The van der Waals surface area contributed by atoms with Crippen LogP contribution in [0.5, 0.6) is 0 Å². The van der Waals surface area contributed by atoms with E-state index >= 15 is 0 Å². The summed E-state index contributed by atoms with van der Waals surface area (Å²) in [5.74, 6) is 0.944. The fourth-order valence-electron chi connectivity index (χ4n) is 3.21. The van der Waals surface area contributed by atoms with Crippen LogP contribution in [-0.4, -0.2) is 54.6 Å². The molecule has 7 heteroatoms. The number of likely N-dealkylation sites (tertiary alicyclic amines) is 1. The lowest BCUT2D eigenvalue weighted by Gasteiger charge is -2.33. The standard InChI is InChI=1S/C19H33N5S.HI/c1-6-20-19(21-10-7-18-15(4)22-16(5)25-18)23-17-8-11-24(12-9-17)13-14(2)3;/h17H,2,6-13H2,1,3-5H3,(H2,20,21,23);1H. The fraction of sp³-hybridized carbons (Fsp3) is 0.684. The third kappa shape index (κ3) is 7.92. The van der Waals surface area contributed by atoms with E-state index in [1.54, 1.807) is 11.3 Å². The first-order chi connectivity index (χ1) is 12.0. The molecule has 148 valence electrons. The van der Waals surface area contributed by atoms with Crippen molar-refractivity contribution in [3.8, 4) is 0 Å². The Morgan fingerprint density at radius 2 is 2.04 bits per heavy atom. The molecule has 1 aromatic heterocycles. The average molecular weight is 491 g/mol. The zero-order valence-corrected chi connectivity index (χ0v) is 19.7. The van der Waals surface area contributed by atoms with Crippen LogP contribution in [0.3, 0.4) is 0 Å². The lowest BCUT2D eigenvalue weighted by Crippen LogP contribution is -2.48. The molecule has 1 aliphatic rings. The van der Waals surface area contributed by atoms with E-state index in [9.17, 15) is 0 Å². The number of aromatic nitrogens is 1. The van der Waals surface area contributed by atoms with Gasteiger partial charge in [0.15, 0.2) is 5.96 Å². The number of hydrogen-bond donors (Lipinski definition) is 2. The summed E-state index contributed by atoms with van der Waals surface area (Å²) in [7, 11) is 0. The lowest BCUT2D eigenvalue weighted by atomic mass is 10.0. The van der Waals surface area contributed by atoms with Crippen molar-refractivity contribution in [2.75, 3.05) is 32.7 Å². The Kier molecular flexibility index (Phi) is 10.7.